The molecule has 4 N–H and O–H groups in total. The van der Waals surface area contributed by atoms with E-state index in [1.54, 1.807) is 30.3 Å². The van der Waals surface area contributed by atoms with E-state index in [4.69, 9.17) is 26.8 Å². The highest BCUT2D eigenvalue weighted by molar-refractivity contribution is 6.33. The second kappa shape index (κ2) is 8.68. The first-order valence-corrected chi connectivity index (χ1v) is 10.0. The zero-order valence-electron chi connectivity index (χ0n) is 16.4. The quantitative estimate of drug-likeness (QED) is 0.458. The summed E-state index contributed by atoms with van der Waals surface area (Å²) in [6, 6.07) is 8.16. The van der Waals surface area contributed by atoms with Gasteiger partial charge in [0.05, 0.1) is 22.8 Å². The van der Waals surface area contributed by atoms with Gasteiger partial charge < -0.3 is 25.8 Å². The second-order valence-corrected chi connectivity index (χ2v) is 7.48. The molecule has 0 unspecified atom stereocenters. The van der Waals surface area contributed by atoms with Gasteiger partial charge in [-0.1, -0.05) is 17.7 Å². The average molecular weight is 446 g/mol. The molecule has 2 aliphatic heterocycles. The molecule has 3 heterocycles. The number of anilines is 3. The van der Waals surface area contributed by atoms with Crippen LogP contribution in [-0.2, 0) is 9.53 Å². The zero-order chi connectivity index (χ0) is 22.0. The van der Waals surface area contributed by atoms with E-state index >= 15 is 0 Å². The molecule has 3 amide bonds. The summed E-state index contributed by atoms with van der Waals surface area (Å²) in [5.41, 5.74) is 6.39. The van der Waals surface area contributed by atoms with E-state index in [2.05, 4.69) is 15.6 Å². The van der Waals surface area contributed by atoms with Crippen molar-refractivity contribution in [2.24, 2.45) is 0 Å². The standard InChI is InChI=1S/C20H20ClN5O5/c21-13-5-1-4-12(17(13)22)19(28)23-8-2-3-11-9-26(20(29)31-11)15-7-6-14-18(24-15)25-16(27)10-30-14/h1,4-7,11H,2-3,8-10,22H2,(H,23,28)(H,24,25,27)/t11-/m0/s1. The number of nitrogens with zero attached hydrogens (tertiary/aromatic N) is 2. The van der Waals surface area contributed by atoms with Crippen LogP contribution in [0.25, 0.3) is 0 Å². The first kappa shape index (κ1) is 20.7. The Hall–Kier alpha value is -3.53. The highest BCUT2D eigenvalue weighted by atomic mass is 35.5. The van der Waals surface area contributed by atoms with Crippen molar-refractivity contribution >= 4 is 46.8 Å². The Morgan fingerprint density at radius 3 is 3.00 bits per heavy atom. The molecule has 1 aromatic carbocycles. The number of nitrogens with two attached hydrogens (primary N) is 1. The Bertz CT molecular complexity index is 1050. The van der Waals surface area contributed by atoms with Crippen molar-refractivity contribution in [1.29, 1.82) is 0 Å². The van der Waals surface area contributed by atoms with Gasteiger partial charge in [0.15, 0.2) is 18.2 Å². The van der Waals surface area contributed by atoms with Gasteiger partial charge in [0.25, 0.3) is 11.8 Å². The molecular weight excluding hydrogens is 426 g/mol. The van der Waals surface area contributed by atoms with Crippen LogP contribution in [-0.4, -0.2) is 48.7 Å². The highest BCUT2D eigenvalue weighted by Gasteiger charge is 2.33. The van der Waals surface area contributed by atoms with Crippen LogP contribution in [0.3, 0.4) is 0 Å². The van der Waals surface area contributed by atoms with Gasteiger partial charge in [0, 0.05) is 6.54 Å². The molecule has 0 aliphatic carbocycles. The van der Waals surface area contributed by atoms with Crippen molar-refractivity contribution < 1.29 is 23.9 Å². The van der Waals surface area contributed by atoms with Gasteiger partial charge in [-0.05, 0) is 37.1 Å². The summed E-state index contributed by atoms with van der Waals surface area (Å²) in [5, 5.41) is 5.72. The number of ether oxygens (including phenoxy) is 2. The molecule has 10 nitrogen and oxygen atoms in total. The van der Waals surface area contributed by atoms with Gasteiger partial charge in [-0.15, -0.1) is 0 Å². The molecule has 0 saturated carbocycles. The number of benzene rings is 1. The minimum atomic E-state index is -0.517. The normalized spacial score (nSPS) is 17.5. The molecule has 1 aromatic heterocycles. The lowest BCUT2D eigenvalue weighted by atomic mass is 10.1. The smallest absolute Gasteiger partial charge is 0.415 e. The van der Waals surface area contributed by atoms with E-state index < -0.39 is 6.09 Å². The number of hydrogen-bond donors (Lipinski definition) is 3. The number of rotatable bonds is 6. The number of nitrogens with one attached hydrogen (secondary N) is 2. The number of carbonyl (C=O) groups is 3. The SMILES string of the molecule is Nc1c(Cl)cccc1C(=O)NCCC[C@H]1CN(c2ccc3c(n2)NC(=O)CO3)C(=O)O1. The average Bonchev–Trinajstić information content (AvgIpc) is 3.13. The van der Waals surface area contributed by atoms with Crippen LogP contribution < -0.4 is 26.0 Å². The van der Waals surface area contributed by atoms with Gasteiger partial charge >= 0.3 is 6.09 Å². The Labute approximate surface area is 182 Å². The lowest BCUT2D eigenvalue weighted by molar-refractivity contribution is -0.118. The van der Waals surface area contributed by atoms with E-state index in [-0.39, 0.29) is 36.0 Å². The van der Waals surface area contributed by atoms with E-state index in [1.165, 1.54) is 4.90 Å². The van der Waals surface area contributed by atoms with Gasteiger partial charge in [-0.2, -0.15) is 0 Å². The number of halogens is 1. The largest absolute Gasteiger partial charge is 0.480 e. The number of hydrogen-bond acceptors (Lipinski definition) is 7. The maximum atomic E-state index is 12.3. The van der Waals surface area contributed by atoms with Gasteiger partial charge in [0.1, 0.15) is 11.9 Å². The molecular formula is C20H20ClN5O5. The van der Waals surface area contributed by atoms with E-state index in [0.29, 0.717) is 48.1 Å². The molecule has 1 fully saturated rings. The number of amides is 3. The van der Waals surface area contributed by atoms with Crippen LogP contribution in [0.1, 0.15) is 23.2 Å². The summed E-state index contributed by atoms with van der Waals surface area (Å²) in [6.45, 7) is 0.635. The van der Waals surface area contributed by atoms with E-state index in [9.17, 15) is 14.4 Å². The fourth-order valence-electron chi connectivity index (χ4n) is 3.32. The van der Waals surface area contributed by atoms with E-state index in [1.807, 2.05) is 0 Å². The maximum Gasteiger partial charge on any atom is 0.415 e. The molecule has 2 aliphatic rings. The first-order chi connectivity index (χ1) is 14.9. The van der Waals surface area contributed by atoms with Crippen LogP contribution in [0, 0.1) is 0 Å². The summed E-state index contributed by atoms with van der Waals surface area (Å²) in [6.07, 6.45) is 0.290. The zero-order valence-corrected chi connectivity index (χ0v) is 17.1. The number of carbonyl (C=O) groups excluding carboxylic acids is 3. The summed E-state index contributed by atoms with van der Waals surface area (Å²) < 4.78 is 10.7. The molecule has 2 aromatic rings. The summed E-state index contributed by atoms with van der Waals surface area (Å²) in [7, 11) is 0. The van der Waals surface area contributed by atoms with Crippen molar-refractivity contribution in [3.63, 3.8) is 0 Å². The molecule has 0 spiro atoms. The molecule has 1 saturated heterocycles. The Kier molecular flexibility index (Phi) is 5.81. The molecule has 4 rings (SSSR count). The first-order valence-electron chi connectivity index (χ1n) is 9.66. The molecule has 11 heteroatoms. The number of para-hydroxylation sites is 1. The molecule has 31 heavy (non-hydrogen) atoms. The predicted molar refractivity (Wildman–Crippen MR) is 113 cm³/mol. The van der Waals surface area contributed by atoms with Crippen molar-refractivity contribution in [2.45, 2.75) is 18.9 Å². The molecule has 162 valence electrons. The predicted octanol–water partition coefficient (Wildman–Crippen LogP) is 2.18. The van der Waals surface area contributed by atoms with Gasteiger partial charge in [0.2, 0.25) is 0 Å². The van der Waals surface area contributed by atoms with Gasteiger partial charge in [-0.25, -0.2) is 9.78 Å². The maximum absolute atomic E-state index is 12.3. The third-order valence-corrected chi connectivity index (χ3v) is 5.23. The van der Waals surface area contributed by atoms with Crippen molar-refractivity contribution in [1.82, 2.24) is 10.3 Å². The minimum Gasteiger partial charge on any atom is -0.480 e. The Morgan fingerprint density at radius 2 is 2.16 bits per heavy atom. The Balaban J connectivity index is 1.28. The van der Waals surface area contributed by atoms with Crippen molar-refractivity contribution in [3.05, 3.63) is 40.9 Å². The second-order valence-electron chi connectivity index (χ2n) is 7.07. The number of aromatic nitrogens is 1. The number of cyclic esters (lactones) is 1. The molecule has 1 atom stereocenters. The lowest BCUT2D eigenvalue weighted by Crippen LogP contribution is -2.29. The third kappa shape index (κ3) is 4.48. The summed E-state index contributed by atoms with van der Waals surface area (Å²) >= 11 is 5.94. The van der Waals surface area contributed by atoms with E-state index in [0.717, 1.165) is 0 Å². The monoisotopic (exact) mass is 445 g/mol. The van der Waals surface area contributed by atoms with Crippen LogP contribution in [0.4, 0.5) is 22.1 Å². The molecule has 0 bridgehead atoms. The minimum absolute atomic E-state index is 0.0672. The lowest BCUT2D eigenvalue weighted by Gasteiger charge is -2.19. The Morgan fingerprint density at radius 1 is 1.32 bits per heavy atom. The van der Waals surface area contributed by atoms with Gasteiger partial charge in [-0.3, -0.25) is 14.5 Å². The molecule has 0 radical (unpaired) electrons. The van der Waals surface area contributed by atoms with Crippen molar-refractivity contribution in [3.8, 4) is 5.75 Å². The highest BCUT2D eigenvalue weighted by Crippen LogP contribution is 2.30. The fourth-order valence-corrected chi connectivity index (χ4v) is 3.50. The van der Waals surface area contributed by atoms with Crippen LogP contribution in [0.5, 0.6) is 5.75 Å². The fraction of sp³-hybridized carbons (Fsp3) is 0.300. The van der Waals surface area contributed by atoms with Crippen LogP contribution in [0.2, 0.25) is 5.02 Å². The number of fused-ring (bicyclic) bond motifs is 1. The third-order valence-electron chi connectivity index (χ3n) is 4.90. The number of nitrogen functional groups attached to an aromatic ring is 1. The topological polar surface area (TPSA) is 136 Å². The van der Waals surface area contributed by atoms with Crippen LogP contribution in [0.15, 0.2) is 30.3 Å². The summed E-state index contributed by atoms with van der Waals surface area (Å²) in [5.74, 6) is 0.464. The van der Waals surface area contributed by atoms with Crippen molar-refractivity contribution in [2.75, 3.05) is 35.6 Å². The summed E-state index contributed by atoms with van der Waals surface area (Å²) in [4.78, 5) is 41.7. The number of pyridine rings is 1. The van der Waals surface area contributed by atoms with Crippen LogP contribution >= 0.6 is 11.6 Å².